The third-order valence-corrected chi connectivity index (χ3v) is 5.61. The van der Waals surface area contributed by atoms with E-state index in [0.717, 1.165) is 17.7 Å². The molecule has 1 atom stereocenters. The summed E-state index contributed by atoms with van der Waals surface area (Å²) in [5, 5.41) is 11.1. The van der Waals surface area contributed by atoms with Gasteiger partial charge in [0.05, 0.1) is 4.92 Å². The molecule has 134 valence electrons. The maximum absolute atomic E-state index is 12.9. The van der Waals surface area contributed by atoms with Crippen molar-refractivity contribution in [1.82, 2.24) is 4.31 Å². The molecule has 0 radical (unpaired) electrons. The molecule has 0 saturated carbocycles. The lowest BCUT2D eigenvalue weighted by atomic mass is 10.2. The van der Waals surface area contributed by atoms with Crippen molar-refractivity contribution in [3.05, 3.63) is 76.4 Å². The average Bonchev–Trinajstić information content (AvgIpc) is 3.02. The van der Waals surface area contributed by atoms with Gasteiger partial charge in [-0.05, 0) is 11.6 Å². The van der Waals surface area contributed by atoms with Gasteiger partial charge in [-0.1, -0.05) is 54.6 Å². The van der Waals surface area contributed by atoms with E-state index >= 15 is 0 Å². The maximum Gasteiger partial charge on any atom is 0.424 e. The number of ether oxygens (including phenoxy) is 1. The zero-order valence-electron chi connectivity index (χ0n) is 13.4. The van der Waals surface area contributed by atoms with Gasteiger partial charge in [-0.25, -0.2) is 13.2 Å². The highest BCUT2D eigenvalue weighted by Crippen LogP contribution is 2.30. The summed E-state index contributed by atoms with van der Waals surface area (Å²) in [6.07, 6.45) is 2.12. The lowest BCUT2D eigenvalue weighted by Gasteiger charge is -2.18. The Morgan fingerprint density at radius 2 is 1.77 bits per heavy atom. The Kier molecular flexibility index (Phi) is 4.72. The summed E-state index contributed by atoms with van der Waals surface area (Å²) < 4.78 is 31.2. The number of rotatable bonds is 5. The predicted molar refractivity (Wildman–Crippen MR) is 92.7 cm³/mol. The fourth-order valence-electron chi connectivity index (χ4n) is 2.55. The van der Waals surface area contributed by atoms with Gasteiger partial charge in [-0.15, -0.1) is 0 Å². The van der Waals surface area contributed by atoms with Crippen LogP contribution in [-0.2, 0) is 14.8 Å². The van der Waals surface area contributed by atoms with Gasteiger partial charge in [0, 0.05) is 6.07 Å². The maximum atomic E-state index is 12.9. The largest absolute Gasteiger partial charge is 0.446 e. The minimum atomic E-state index is -4.45. The van der Waals surface area contributed by atoms with Crippen molar-refractivity contribution in [2.45, 2.75) is 10.9 Å². The standard InChI is InChI=1S/C17H14N2O6S/c20-17-18(14(12-25-17)11-10-13-6-2-1-3-7-13)26(23,24)16-9-5-4-8-15(16)19(21)22/h1-11,14H,12H2/b11-10+. The average molecular weight is 374 g/mol. The van der Waals surface area contributed by atoms with Crippen LogP contribution in [0.5, 0.6) is 0 Å². The van der Waals surface area contributed by atoms with Crippen LogP contribution in [0.15, 0.2) is 65.6 Å². The summed E-state index contributed by atoms with van der Waals surface area (Å²) in [6, 6.07) is 13.1. The summed E-state index contributed by atoms with van der Waals surface area (Å²) in [4.78, 5) is 21.8. The molecule has 1 aliphatic heterocycles. The highest BCUT2D eigenvalue weighted by atomic mass is 32.2. The van der Waals surface area contributed by atoms with E-state index in [9.17, 15) is 23.3 Å². The molecule has 0 spiro atoms. The third kappa shape index (κ3) is 3.29. The number of hydrogen-bond donors (Lipinski definition) is 0. The number of benzene rings is 2. The smallest absolute Gasteiger partial charge is 0.424 e. The van der Waals surface area contributed by atoms with Gasteiger partial charge in [0.25, 0.3) is 15.7 Å². The zero-order chi connectivity index (χ0) is 18.7. The summed E-state index contributed by atoms with van der Waals surface area (Å²) >= 11 is 0. The number of nitro benzene ring substituents is 1. The molecule has 1 saturated heterocycles. The van der Waals surface area contributed by atoms with E-state index < -0.39 is 37.7 Å². The van der Waals surface area contributed by atoms with Crippen molar-refractivity contribution in [3.63, 3.8) is 0 Å². The molecule has 2 aromatic rings. The molecule has 0 aromatic heterocycles. The highest BCUT2D eigenvalue weighted by Gasteiger charge is 2.43. The molecule has 0 bridgehead atoms. The first-order valence-electron chi connectivity index (χ1n) is 7.59. The van der Waals surface area contributed by atoms with E-state index in [-0.39, 0.29) is 6.61 Å². The second-order valence-corrected chi connectivity index (χ2v) is 7.22. The Hall–Kier alpha value is -3.20. The molecule has 0 aliphatic carbocycles. The molecule has 2 aromatic carbocycles. The Balaban J connectivity index is 1.98. The van der Waals surface area contributed by atoms with Gasteiger partial charge >= 0.3 is 6.09 Å². The SMILES string of the molecule is O=C1OCC(/C=C/c2ccccc2)N1S(=O)(=O)c1ccccc1[N+](=O)[O-]. The lowest BCUT2D eigenvalue weighted by Crippen LogP contribution is -2.38. The molecule has 0 N–H and O–H groups in total. The molecule has 9 heteroatoms. The van der Waals surface area contributed by atoms with Gasteiger partial charge in [0.1, 0.15) is 12.6 Å². The molecule has 26 heavy (non-hydrogen) atoms. The van der Waals surface area contributed by atoms with Crippen molar-refractivity contribution in [1.29, 1.82) is 0 Å². The van der Waals surface area contributed by atoms with Crippen LogP contribution in [0.1, 0.15) is 5.56 Å². The van der Waals surface area contributed by atoms with Crippen LogP contribution in [0.3, 0.4) is 0 Å². The fraction of sp³-hybridized carbons (Fsp3) is 0.118. The van der Waals surface area contributed by atoms with Crippen molar-refractivity contribution in [2.24, 2.45) is 0 Å². The van der Waals surface area contributed by atoms with Crippen LogP contribution in [0.4, 0.5) is 10.5 Å². The van der Waals surface area contributed by atoms with E-state index in [1.807, 2.05) is 30.3 Å². The monoisotopic (exact) mass is 374 g/mol. The van der Waals surface area contributed by atoms with Crippen LogP contribution >= 0.6 is 0 Å². The van der Waals surface area contributed by atoms with Crippen molar-refractivity contribution in [2.75, 3.05) is 6.61 Å². The van der Waals surface area contributed by atoms with Crippen LogP contribution in [0, 0.1) is 10.1 Å². The summed E-state index contributed by atoms with van der Waals surface area (Å²) in [5.41, 5.74) is 0.216. The second kappa shape index (κ2) is 6.96. The van der Waals surface area contributed by atoms with E-state index in [2.05, 4.69) is 0 Å². The van der Waals surface area contributed by atoms with Crippen molar-refractivity contribution in [3.8, 4) is 0 Å². The Labute approximate surface area is 149 Å². The zero-order valence-corrected chi connectivity index (χ0v) is 14.2. The number of carbonyl (C=O) groups is 1. The van der Waals surface area contributed by atoms with E-state index in [1.54, 1.807) is 6.08 Å². The Morgan fingerprint density at radius 1 is 1.12 bits per heavy atom. The van der Waals surface area contributed by atoms with Crippen LogP contribution < -0.4 is 0 Å². The number of para-hydroxylation sites is 1. The van der Waals surface area contributed by atoms with Gasteiger partial charge in [-0.2, -0.15) is 4.31 Å². The van der Waals surface area contributed by atoms with Crippen LogP contribution in [0.2, 0.25) is 0 Å². The number of hydrogen-bond acceptors (Lipinski definition) is 6. The first-order chi connectivity index (χ1) is 12.4. The lowest BCUT2D eigenvalue weighted by molar-refractivity contribution is -0.387. The minimum Gasteiger partial charge on any atom is -0.446 e. The number of carbonyl (C=O) groups excluding carboxylic acids is 1. The first kappa shape index (κ1) is 17.6. The Morgan fingerprint density at radius 3 is 2.46 bits per heavy atom. The van der Waals surface area contributed by atoms with Crippen molar-refractivity contribution < 1.29 is 22.9 Å². The molecule has 8 nitrogen and oxygen atoms in total. The molecule has 1 unspecified atom stereocenters. The molecule has 3 rings (SSSR count). The van der Waals surface area contributed by atoms with Crippen LogP contribution in [0.25, 0.3) is 6.08 Å². The quantitative estimate of drug-likeness (QED) is 0.588. The number of nitro groups is 1. The first-order valence-corrected chi connectivity index (χ1v) is 9.03. The number of nitrogens with zero attached hydrogens (tertiary/aromatic N) is 2. The Bertz CT molecular complexity index is 972. The number of amides is 1. The normalized spacial score (nSPS) is 17.5. The highest BCUT2D eigenvalue weighted by molar-refractivity contribution is 7.89. The third-order valence-electron chi connectivity index (χ3n) is 3.77. The van der Waals surface area contributed by atoms with Gasteiger partial charge in [-0.3, -0.25) is 10.1 Å². The molecule has 1 aliphatic rings. The molecular formula is C17H14N2O6S. The van der Waals surface area contributed by atoms with Gasteiger partial charge < -0.3 is 4.74 Å². The minimum absolute atomic E-state index is 0.165. The van der Waals surface area contributed by atoms with Crippen molar-refractivity contribution >= 4 is 27.9 Å². The number of cyclic esters (lactones) is 1. The van der Waals surface area contributed by atoms with Gasteiger partial charge in [0.2, 0.25) is 0 Å². The summed E-state index contributed by atoms with van der Waals surface area (Å²) in [7, 11) is -4.45. The molecule has 1 fully saturated rings. The summed E-state index contributed by atoms with van der Waals surface area (Å²) in [5.74, 6) is 0. The fourth-order valence-corrected chi connectivity index (χ4v) is 4.16. The molecular weight excluding hydrogens is 360 g/mol. The second-order valence-electron chi connectivity index (χ2n) is 5.44. The molecule has 1 amide bonds. The van der Waals surface area contributed by atoms with Crippen LogP contribution in [-0.4, -0.2) is 36.4 Å². The van der Waals surface area contributed by atoms with Gasteiger partial charge in [0.15, 0.2) is 4.90 Å². The van der Waals surface area contributed by atoms with E-state index in [1.165, 1.54) is 18.2 Å². The summed E-state index contributed by atoms with van der Waals surface area (Å²) in [6.45, 7) is -0.165. The number of sulfonamides is 1. The predicted octanol–water partition coefficient (Wildman–Crippen LogP) is 2.82. The topological polar surface area (TPSA) is 107 Å². The molecule has 1 heterocycles. The van der Waals surface area contributed by atoms with E-state index in [4.69, 9.17) is 4.74 Å². The van der Waals surface area contributed by atoms with E-state index in [0.29, 0.717) is 4.31 Å².